The number of rotatable bonds is 9. The molecule has 0 aromatic heterocycles. The zero-order valence-corrected chi connectivity index (χ0v) is 15.1. The molecule has 0 aliphatic heterocycles. The van der Waals surface area contributed by atoms with E-state index in [2.05, 4.69) is 17.0 Å². The molecule has 0 aliphatic rings. The molecule has 1 aromatic carbocycles. The highest BCUT2D eigenvalue weighted by atomic mass is 35.5. The summed E-state index contributed by atoms with van der Waals surface area (Å²) in [5.74, 6) is 0.0246. The lowest BCUT2D eigenvalue weighted by atomic mass is 10.2. The van der Waals surface area contributed by atoms with Crippen molar-refractivity contribution >= 4 is 27.5 Å². The van der Waals surface area contributed by atoms with Gasteiger partial charge >= 0.3 is 0 Å². The van der Waals surface area contributed by atoms with Crippen molar-refractivity contribution in [2.45, 2.75) is 44.0 Å². The van der Waals surface area contributed by atoms with Crippen LogP contribution in [0.15, 0.2) is 23.1 Å². The Bertz CT molecular complexity index is 634. The largest absolute Gasteiger partial charge is 0.495 e. The van der Waals surface area contributed by atoms with Gasteiger partial charge in [-0.3, -0.25) is 4.79 Å². The second-order valence-corrected chi connectivity index (χ2v) is 7.26. The molecule has 0 saturated heterocycles. The van der Waals surface area contributed by atoms with E-state index in [-0.39, 0.29) is 15.8 Å². The lowest BCUT2D eigenvalue weighted by Crippen LogP contribution is -2.44. The van der Waals surface area contributed by atoms with Gasteiger partial charge < -0.3 is 10.1 Å². The van der Waals surface area contributed by atoms with E-state index in [4.69, 9.17) is 16.3 Å². The van der Waals surface area contributed by atoms with Crippen molar-refractivity contribution in [2.75, 3.05) is 13.7 Å². The van der Waals surface area contributed by atoms with Gasteiger partial charge in [0.15, 0.2) is 0 Å². The molecule has 1 atom stereocenters. The number of halogens is 1. The molecule has 0 heterocycles. The van der Waals surface area contributed by atoms with Crippen LogP contribution >= 0.6 is 11.6 Å². The van der Waals surface area contributed by atoms with E-state index in [1.54, 1.807) is 0 Å². The van der Waals surface area contributed by atoms with E-state index in [9.17, 15) is 13.2 Å². The number of nitrogens with one attached hydrogen (secondary N) is 2. The number of carbonyl (C=O) groups excluding carboxylic acids is 1. The van der Waals surface area contributed by atoms with Crippen molar-refractivity contribution in [1.82, 2.24) is 10.0 Å². The molecule has 1 rings (SSSR count). The van der Waals surface area contributed by atoms with E-state index in [0.717, 1.165) is 19.3 Å². The summed E-state index contributed by atoms with van der Waals surface area (Å²) in [5.41, 5.74) is 0. The van der Waals surface area contributed by atoms with Crippen LogP contribution in [0.5, 0.6) is 5.75 Å². The van der Waals surface area contributed by atoms with Gasteiger partial charge in [-0.1, -0.05) is 31.4 Å². The average Bonchev–Trinajstić information content (AvgIpc) is 2.50. The summed E-state index contributed by atoms with van der Waals surface area (Å²) in [6, 6.07) is 3.25. The molecule has 23 heavy (non-hydrogen) atoms. The molecular formula is C15H23ClN2O4S. The first-order chi connectivity index (χ1) is 10.8. The van der Waals surface area contributed by atoms with E-state index < -0.39 is 16.1 Å². The number of sulfonamides is 1. The first-order valence-electron chi connectivity index (χ1n) is 7.45. The third kappa shape index (κ3) is 6.01. The van der Waals surface area contributed by atoms with Crippen LogP contribution in [0.25, 0.3) is 0 Å². The Morgan fingerprint density at radius 3 is 2.61 bits per heavy atom. The van der Waals surface area contributed by atoms with Gasteiger partial charge in [0.2, 0.25) is 15.9 Å². The zero-order valence-electron chi connectivity index (χ0n) is 13.6. The van der Waals surface area contributed by atoms with Crippen LogP contribution < -0.4 is 14.8 Å². The number of hydrogen-bond acceptors (Lipinski definition) is 4. The summed E-state index contributed by atoms with van der Waals surface area (Å²) in [7, 11) is -2.40. The monoisotopic (exact) mass is 362 g/mol. The quantitative estimate of drug-likeness (QED) is 0.660. The smallest absolute Gasteiger partial charge is 0.241 e. The number of benzene rings is 1. The van der Waals surface area contributed by atoms with Crippen LogP contribution in [-0.2, 0) is 14.8 Å². The molecule has 8 heteroatoms. The number of amides is 1. The second kappa shape index (κ2) is 9.10. The van der Waals surface area contributed by atoms with Crippen molar-refractivity contribution in [3.05, 3.63) is 23.2 Å². The lowest BCUT2D eigenvalue weighted by molar-refractivity contribution is -0.122. The molecule has 0 bridgehead atoms. The molecule has 1 aromatic rings. The van der Waals surface area contributed by atoms with E-state index in [1.807, 2.05) is 0 Å². The fourth-order valence-corrected chi connectivity index (χ4v) is 3.46. The number of methoxy groups -OCH3 is 1. The van der Waals surface area contributed by atoms with Gasteiger partial charge in [0.1, 0.15) is 5.75 Å². The van der Waals surface area contributed by atoms with Gasteiger partial charge in [-0.25, -0.2) is 8.42 Å². The second-order valence-electron chi connectivity index (χ2n) is 5.14. The molecule has 0 spiro atoms. The van der Waals surface area contributed by atoms with Gasteiger partial charge in [-0.2, -0.15) is 4.72 Å². The molecule has 6 nitrogen and oxygen atoms in total. The standard InChI is InChI=1S/C15H23ClN2O4S/c1-4-5-6-9-17-15(19)11(2)18-23(20,21)12-7-8-14(22-3)13(16)10-12/h7-8,10-11,18H,4-6,9H2,1-3H3,(H,17,19)/t11-/m0/s1. The Morgan fingerprint density at radius 2 is 2.04 bits per heavy atom. The normalized spacial score (nSPS) is 12.7. The maximum Gasteiger partial charge on any atom is 0.241 e. The van der Waals surface area contributed by atoms with E-state index in [1.165, 1.54) is 32.2 Å². The lowest BCUT2D eigenvalue weighted by Gasteiger charge is -2.15. The van der Waals surface area contributed by atoms with Crippen molar-refractivity contribution in [2.24, 2.45) is 0 Å². The minimum Gasteiger partial charge on any atom is -0.495 e. The topological polar surface area (TPSA) is 84.5 Å². The molecular weight excluding hydrogens is 340 g/mol. The Hall–Kier alpha value is -1.31. The van der Waals surface area contributed by atoms with Crippen LogP contribution in [-0.4, -0.2) is 34.0 Å². The maximum absolute atomic E-state index is 12.3. The molecule has 130 valence electrons. The van der Waals surface area contributed by atoms with Gasteiger partial charge in [0.25, 0.3) is 0 Å². The van der Waals surface area contributed by atoms with E-state index in [0.29, 0.717) is 12.3 Å². The first-order valence-corrected chi connectivity index (χ1v) is 9.31. The Labute approximate surface area is 142 Å². The molecule has 0 radical (unpaired) electrons. The maximum atomic E-state index is 12.3. The average molecular weight is 363 g/mol. The highest BCUT2D eigenvalue weighted by Crippen LogP contribution is 2.26. The van der Waals surface area contributed by atoms with Crippen LogP contribution in [0.2, 0.25) is 5.02 Å². The molecule has 0 unspecified atom stereocenters. The summed E-state index contributed by atoms with van der Waals surface area (Å²) < 4.78 is 31.9. The first kappa shape index (κ1) is 19.7. The summed E-state index contributed by atoms with van der Waals surface area (Å²) in [4.78, 5) is 11.9. The third-order valence-electron chi connectivity index (χ3n) is 3.24. The van der Waals surface area contributed by atoms with Gasteiger partial charge in [0.05, 0.1) is 23.1 Å². The van der Waals surface area contributed by atoms with Crippen molar-refractivity contribution in [3.8, 4) is 5.75 Å². The minimum absolute atomic E-state index is 0.0195. The summed E-state index contributed by atoms with van der Waals surface area (Å²) in [6.07, 6.45) is 2.94. The number of ether oxygens (including phenoxy) is 1. The van der Waals surface area contributed by atoms with Gasteiger partial charge in [0, 0.05) is 6.54 Å². The molecule has 1 amide bonds. The minimum atomic E-state index is -3.84. The highest BCUT2D eigenvalue weighted by molar-refractivity contribution is 7.89. The predicted molar refractivity (Wildman–Crippen MR) is 90.3 cm³/mol. The molecule has 0 aliphatic carbocycles. The van der Waals surface area contributed by atoms with E-state index >= 15 is 0 Å². The zero-order chi connectivity index (χ0) is 17.5. The summed E-state index contributed by atoms with van der Waals surface area (Å²) >= 11 is 5.94. The van der Waals surface area contributed by atoms with Crippen molar-refractivity contribution in [3.63, 3.8) is 0 Å². The van der Waals surface area contributed by atoms with Crippen LogP contribution in [0.3, 0.4) is 0 Å². The van der Waals surface area contributed by atoms with Gasteiger partial charge in [-0.05, 0) is 31.5 Å². The van der Waals surface area contributed by atoms with Gasteiger partial charge in [-0.15, -0.1) is 0 Å². The fourth-order valence-electron chi connectivity index (χ4n) is 1.91. The van der Waals surface area contributed by atoms with Crippen molar-refractivity contribution < 1.29 is 17.9 Å². The SMILES string of the molecule is CCCCCNC(=O)[C@H](C)NS(=O)(=O)c1ccc(OC)c(Cl)c1. The van der Waals surface area contributed by atoms with Crippen LogP contribution in [0.1, 0.15) is 33.1 Å². The Morgan fingerprint density at radius 1 is 1.35 bits per heavy atom. The van der Waals surface area contributed by atoms with Crippen molar-refractivity contribution in [1.29, 1.82) is 0 Å². The predicted octanol–water partition coefficient (Wildman–Crippen LogP) is 2.32. The Balaban J connectivity index is 2.70. The summed E-state index contributed by atoms with van der Waals surface area (Å²) in [6.45, 7) is 4.10. The molecule has 0 fully saturated rings. The highest BCUT2D eigenvalue weighted by Gasteiger charge is 2.22. The van der Waals surface area contributed by atoms with Crippen LogP contribution in [0.4, 0.5) is 0 Å². The molecule has 0 saturated carbocycles. The number of carbonyl (C=O) groups is 1. The summed E-state index contributed by atoms with van der Waals surface area (Å²) in [5, 5.41) is 2.90. The third-order valence-corrected chi connectivity index (χ3v) is 5.07. The van der Waals surface area contributed by atoms with Crippen LogP contribution in [0, 0.1) is 0 Å². The fraction of sp³-hybridized carbons (Fsp3) is 0.533. The number of hydrogen-bond donors (Lipinski definition) is 2. The molecule has 2 N–H and O–H groups in total. The Kier molecular flexibility index (Phi) is 7.81. The number of unbranched alkanes of at least 4 members (excludes halogenated alkanes) is 2.